The van der Waals surface area contributed by atoms with Crippen molar-refractivity contribution in [1.82, 2.24) is 0 Å². The van der Waals surface area contributed by atoms with E-state index in [0.29, 0.717) is 0 Å². The molecular formula is C28H30S4. The SMILES string of the molecule is CCCCCCc1cc2sc(C#CC#Cc3cc4sc(CCCCCC)cc4s3)cc2s1. The lowest BCUT2D eigenvalue weighted by molar-refractivity contribution is 0.670. The Morgan fingerprint density at radius 2 is 0.969 bits per heavy atom. The van der Waals surface area contributed by atoms with E-state index in [1.54, 1.807) is 22.7 Å². The summed E-state index contributed by atoms with van der Waals surface area (Å²) < 4.78 is 5.51. The first-order chi connectivity index (χ1) is 15.7. The fourth-order valence-electron chi connectivity index (χ4n) is 3.78. The van der Waals surface area contributed by atoms with Crippen molar-refractivity contribution in [3.8, 4) is 23.7 Å². The summed E-state index contributed by atoms with van der Waals surface area (Å²) >= 11 is 7.46. The monoisotopic (exact) mass is 494 g/mol. The molecule has 4 heterocycles. The lowest BCUT2D eigenvalue weighted by Gasteiger charge is -1.96. The molecule has 0 nitrogen and oxygen atoms in total. The smallest absolute Gasteiger partial charge is 0.0799 e. The van der Waals surface area contributed by atoms with Gasteiger partial charge in [0.1, 0.15) is 0 Å². The van der Waals surface area contributed by atoms with Crippen molar-refractivity contribution in [2.24, 2.45) is 0 Å². The summed E-state index contributed by atoms with van der Waals surface area (Å²) in [6.45, 7) is 4.53. The third-order valence-electron chi connectivity index (χ3n) is 5.50. The number of unbranched alkanes of at least 4 members (excludes halogenated alkanes) is 6. The largest absolute Gasteiger partial charge is 0.139 e. The highest BCUT2D eigenvalue weighted by molar-refractivity contribution is 7.28. The van der Waals surface area contributed by atoms with Crippen molar-refractivity contribution in [2.75, 3.05) is 0 Å². The Bertz CT molecular complexity index is 1110. The minimum absolute atomic E-state index is 1.12. The molecule has 0 saturated heterocycles. The van der Waals surface area contributed by atoms with Gasteiger partial charge in [-0.1, -0.05) is 52.4 Å². The van der Waals surface area contributed by atoms with E-state index in [0.717, 1.165) is 9.75 Å². The van der Waals surface area contributed by atoms with Gasteiger partial charge in [-0.15, -0.1) is 45.3 Å². The fraction of sp³-hybridized carbons (Fsp3) is 0.429. The van der Waals surface area contributed by atoms with E-state index in [1.165, 1.54) is 92.8 Å². The van der Waals surface area contributed by atoms with Crippen molar-refractivity contribution in [3.63, 3.8) is 0 Å². The molecule has 4 rings (SSSR count). The van der Waals surface area contributed by atoms with Gasteiger partial charge in [0.05, 0.1) is 9.75 Å². The van der Waals surface area contributed by atoms with E-state index < -0.39 is 0 Å². The number of hydrogen-bond acceptors (Lipinski definition) is 4. The van der Waals surface area contributed by atoms with Gasteiger partial charge in [-0.3, -0.25) is 0 Å². The summed E-state index contributed by atoms with van der Waals surface area (Å²) in [7, 11) is 0. The number of fused-ring (bicyclic) bond motifs is 2. The average molecular weight is 495 g/mol. The van der Waals surface area contributed by atoms with Crippen molar-refractivity contribution >= 4 is 64.1 Å². The summed E-state index contributed by atoms with van der Waals surface area (Å²) in [4.78, 5) is 5.28. The van der Waals surface area contributed by atoms with Crippen LogP contribution in [0.25, 0.3) is 18.8 Å². The Balaban J connectivity index is 1.32. The van der Waals surface area contributed by atoms with Crippen LogP contribution in [0.2, 0.25) is 0 Å². The molecule has 32 heavy (non-hydrogen) atoms. The van der Waals surface area contributed by atoms with Gasteiger partial charge in [0.15, 0.2) is 0 Å². The minimum atomic E-state index is 1.12. The van der Waals surface area contributed by atoms with Crippen molar-refractivity contribution < 1.29 is 0 Å². The number of hydrogen-bond donors (Lipinski definition) is 0. The van der Waals surface area contributed by atoms with Gasteiger partial charge in [0.25, 0.3) is 0 Å². The number of rotatable bonds is 10. The molecule has 0 N–H and O–H groups in total. The summed E-state index contributed by atoms with van der Waals surface area (Å²) in [5.74, 6) is 12.6. The molecule has 0 aromatic carbocycles. The van der Waals surface area contributed by atoms with Gasteiger partial charge < -0.3 is 0 Å². The zero-order valence-electron chi connectivity index (χ0n) is 19.0. The molecule has 0 atom stereocenters. The van der Waals surface area contributed by atoms with Gasteiger partial charge in [-0.25, -0.2) is 0 Å². The maximum Gasteiger partial charge on any atom is 0.0799 e. The molecule has 166 valence electrons. The predicted octanol–water partition coefficient (Wildman–Crippen LogP) is 9.89. The summed E-state index contributed by atoms with van der Waals surface area (Å²) in [6.07, 6.45) is 13.1. The topological polar surface area (TPSA) is 0 Å². The van der Waals surface area contributed by atoms with E-state index in [9.17, 15) is 0 Å². The van der Waals surface area contributed by atoms with Crippen molar-refractivity contribution in [3.05, 3.63) is 43.8 Å². The van der Waals surface area contributed by atoms with E-state index in [-0.39, 0.29) is 0 Å². The van der Waals surface area contributed by atoms with Crippen LogP contribution in [0, 0.1) is 23.7 Å². The van der Waals surface area contributed by atoms with E-state index in [4.69, 9.17) is 0 Å². The van der Waals surface area contributed by atoms with Crippen LogP contribution in [0.1, 0.15) is 84.7 Å². The average Bonchev–Trinajstić information content (AvgIpc) is 3.51. The first-order valence-electron chi connectivity index (χ1n) is 11.8. The Morgan fingerprint density at radius 3 is 1.38 bits per heavy atom. The lowest BCUT2D eigenvalue weighted by atomic mass is 10.1. The van der Waals surface area contributed by atoms with Crippen LogP contribution in [0.5, 0.6) is 0 Å². The maximum atomic E-state index is 3.25. The molecule has 0 spiro atoms. The van der Waals surface area contributed by atoms with Gasteiger partial charge in [0.2, 0.25) is 0 Å². The molecule has 0 unspecified atom stereocenters. The third-order valence-corrected chi connectivity index (χ3v) is 10.0. The Labute approximate surface area is 208 Å². The van der Waals surface area contributed by atoms with Gasteiger partial charge in [-0.05, 0) is 73.6 Å². The second-order valence-electron chi connectivity index (χ2n) is 8.23. The zero-order chi connectivity index (χ0) is 22.2. The summed E-state index contributed by atoms with van der Waals surface area (Å²) in [6, 6.07) is 9.20. The van der Waals surface area contributed by atoms with E-state index in [1.807, 2.05) is 22.7 Å². The van der Waals surface area contributed by atoms with Crippen molar-refractivity contribution in [2.45, 2.75) is 78.1 Å². The van der Waals surface area contributed by atoms with Crippen LogP contribution in [0.3, 0.4) is 0 Å². The van der Waals surface area contributed by atoms with Crippen LogP contribution in [-0.2, 0) is 12.8 Å². The molecule has 4 aromatic heterocycles. The zero-order valence-corrected chi connectivity index (χ0v) is 22.3. The lowest BCUT2D eigenvalue weighted by Crippen LogP contribution is -1.80. The third kappa shape index (κ3) is 6.49. The van der Waals surface area contributed by atoms with E-state index >= 15 is 0 Å². The normalized spacial score (nSPS) is 10.9. The highest BCUT2D eigenvalue weighted by Gasteiger charge is 2.07. The predicted molar refractivity (Wildman–Crippen MR) is 149 cm³/mol. The maximum absolute atomic E-state index is 3.25. The standard InChI is InChI=1S/C28H30S4/c1-3-5-7-9-13-21-17-25-27(29-21)19-23(31-25)15-11-12-16-24-20-28-26(32-24)18-22(30-28)14-10-8-6-4-2/h17-20H,3-10,13-14H2,1-2H3. The van der Waals surface area contributed by atoms with Crippen LogP contribution in [0.4, 0.5) is 0 Å². The second-order valence-corrected chi connectivity index (χ2v) is 12.7. The first-order valence-corrected chi connectivity index (χ1v) is 15.1. The first kappa shape index (κ1) is 23.6. The number of thiophene rings is 4. The van der Waals surface area contributed by atoms with E-state index in [2.05, 4.69) is 61.8 Å². The molecule has 0 aliphatic heterocycles. The molecule has 0 bridgehead atoms. The van der Waals surface area contributed by atoms with Crippen LogP contribution in [-0.4, -0.2) is 0 Å². The van der Waals surface area contributed by atoms with Crippen molar-refractivity contribution in [1.29, 1.82) is 0 Å². The summed E-state index contributed by atoms with van der Waals surface area (Å²) in [5.41, 5.74) is 0. The van der Waals surface area contributed by atoms with Crippen LogP contribution < -0.4 is 0 Å². The van der Waals surface area contributed by atoms with Crippen LogP contribution in [0.15, 0.2) is 24.3 Å². The Morgan fingerprint density at radius 1 is 0.531 bits per heavy atom. The number of aryl methyl sites for hydroxylation is 2. The molecule has 0 radical (unpaired) electrons. The highest BCUT2D eigenvalue weighted by atomic mass is 32.1. The van der Waals surface area contributed by atoms with Crippen LogP contribution >= 0.6 is 45.3 Å². The summed E-state index contributed by atoms with van der Waals surface area (Å²) in [5, 5.41) is 0. The van der Waals surface area contributed by atoms with Gasteiger partial charge in [0, 0.05) is 28.6 Å². The Hall–Kier alpha value is -1.56. The molecule has 4 aromatic rings. The minimum Gasteiger partial charge on any atom is -0.139 e. The molecule has 0 fully saturated rings. The fourth-order valence-corrected chi connectivity index (χ4v) is 8.41. The highest BCUT2D eigenvalue weighted by Crippen LogP contribution is 2.34. The second kappa shape index (κ2) is 12.1. The van der Waals surface area contributed by atoms with Gasteiger partial charge >= 0.3 is 0 Å². The molecule has 0 aliphatic carbocycles. The molecule has 4 heteroatoms. The molecule has 0 saturated carbocycles. The Kier molecular flexibility index (Phi) is 8.89. The van der Waals surface area contributed by atoms with Gasteiger partial charge in [-0.2, -0.15) is 0 Å². The molecular weight excluding hydrogens is 465 g/mol. The quantitative estimate of drug-likeness (QED) is 0.152. The molecule has 0 aliphatic rings. The molecule has 0 amide bonds.